The lowest BCUT2D eigenvalue weighted by atomic mass is 10.2. The van der Waals surface area contributed by atoms with Crippen molar-refractivity contribution in [2.45, 2.75) is 13.2 Å². The van der Waals surface area contributed by atoms with Crippen molar-refractivity contribution in [2.24, 2.45) is 0 Å². The van der Waals surface area contributed by atoms with Gasteiger partial charge in [-0.2, -0.15) is 0 Å². The van der Waals surface area contributed by atoms with Crippen LogP contribution in [0.15, 0.2) is 28.7 Å². The molecule has 0 spiro atoms. The van der Waals surface area contributed by atoms with Gasteiger partial charge in [0, 0.05) is 12.1 Å². The highest BCUT2D eigenvalue weighted by atomic mass is 19.2. The average molecular weight is 257 g/mol. The fourth-order valence-corrected chi connectivity index (χ4v) is 1.47. The molecule has 1 heterocycles. The maximum absolute atomic E-state index is 13.3. The first kappa shape index (κ1) is 12.5. The van der Waals surface area contributed by atoms with Crippen LogP contribution in [0, 0.1) is 17.5 Å². The summed E-state index contributed by atoms with van der Waals surface area (Å²) >= 11 is 0. The van der Waals surface area contributed by atoms with Crippen LogP contribution in [0.2, 0.25) is 0 Å². The van der Waals surface area contributed by atoms with Crippen LogP contribution in [-0.4, -0.2) is 5.11 Å². The minimum atomic E-state index is -1.26. The number of hydrogen-bond donors (Lipinski definition) is 2. The predicted octanol–water partition coefficient (Wildman–Crippen LogP) is 2.80. The van der Waals surface area contributed by atoms with Crippen LogP contribution in [0.4, 0.5) is 18.9 Å². The number of nitrogens with one attached hydrogen (secondary N) is 1. The molecule has 6 heteroatoms. The topological polar surface area (TPSA) is 45.4 Å². The van der Waals surface area contributed by atoms with Crippen LogP contribution in [-0.2, 0) is 13.2 Å². The molecule has 0 radical (unpaired) electrons. The zero-order valence-corrected chi connectivity index (χ0v) is 9.21. The molecule has 0 aliphatic carbocycles. The molecule has 0 atom stereocenters. The molecule has 0 amide bonds. The van der Waals surface area contributed by atoms with E-state index in [0.717, 1.165) is 6.07 Å². The molecular formula is C12H10F3NO2. The maximum atomic E-state index is 13.3. The lowest BCUT2D eigenvalue weighted by Crippen LogP contribution is -2.03. The number of anilines is 1. The number of benzene rings is 1. The molecular weight excluding hydrogens is 247 g/mol. The SMILES string of the molecule is OCc1ccc(CNc2cc(F)cc(F)c2F)o1. The van der Waals surface area contributed by atoms with Crippen molar-refractivity contribution in [1.82, 2.24) is 0 Å². The first-order valence-corrected chi connectivity index (χ1v) is 5.17. The van der Waals surface area contributed by atoms with Crippen molar-refractivity contribution in [2.75, 3.05) is 5.32 Å². The van der Waals surface area contributed by atoms with Crippen molar-refractivity contribution in [3.05, 3.63) is 53.2 Å². The van der Waals surface area contributed by atoms with E-state index in [1.807, 2.05) is 0 Å². The molecule has 1 aromatic carbocycles. The fourth-order valence-electron chi connectivity index (χ4n) is 1.47. The summed E-state index contributed by atoms with van der Waals surface area (Å²) in [6.45, 7) is -0.192. The average Bonchev–Trinajstić information content (AvgIpc) is 2.80. The number of aliphatic hydroxyl groups excluding tert-OH is 1. The van der Waals surface area contributed by atoms with Crippen molar-refractivity contribution < 1.29 is 22.7 Å². The number of hydrogen-bond acceptors (Lipinski definition) is 3. The van der Waals surface area contributed by atoms with Gasteiger partial charge in [-0.1, -0.05) is 0 Å². The molecule has 2 aromatic rings. The summed E-state index contributed by atoms with van der Waals surface area (Å²) < 4.78 is 44.2. The Morgan fingerprint density at radius 2 is 1.83 bits per heavy atom. The first-order chi connectivity index (χ1) is 8.60. The summed E-state index contributed by atoms with van der Waals surface area (Å²) in [5.74, 6) is -2.49. The van der Waals surface area contributed by atoms with Gasteiger partial charge in [0.2, 0.25) is 0 Å². The first-order valence-electron chi connectivity index (χ1n) is 5.17. The summed E-state index contributed by atoms with van der Waals surface area (Å²) in [5.41, 5.74) is -0.283. The van der Waals surface area contributed by atoms with Crippen LogP contribution in [0.3, 0.4) is 0 Å². The fraction of sp³-hybridized carbons (Fsp3) is 0.167. The van der Waals surface area contributed by atoms with E-state index in [2.05, 4.69) is 5.32 Å². The van der Waals surface area contributed by atoms with Crippen LogP contribution in [0.1, 0.15) is 11.5 Å². The second-order valence-electron chi connectivity index (χ2n) is 3.63. The molecule has 3 nitrogen and oxygen atoms in total. The molecule has 0 aliphatic heterocycles. The van der Waals surface area contributed by atoms with Crippen LogP contribution < -0.4 is 5.32 Å². The Labute approximate surface area is 101 Å². The predicted molar refractivity (Wildman–Crippen MR) is 58.3 cm³/mol. The maximum Gasteiger partial charge on any atom is 0.182 e. The minimum Gasteiger partial charge on any atom is -0.462 e. The van der Waals surface area contributed by atoms with E-state index >= 15 is 0 Å². The smallest absolute Gasteiger partial charge is 0.182 e. The Balaban J connectivity index is 2.10. The van der Waals surface area contributed by atoms with Gasteiger partial charge < -0.3 is 14.8 Å². The van der Waals surface area contributed by atoms with E-state index in [0.29, 0.717) is 17.6 Å². The van der Waals surface area contributed by atoms with Gasteiger partial charge in [0.1, 0.15) is 23.9 Å². The molecule has 1 aromatic heterocycles. The van der Waals surface area contributed by atoms with Crippen molar-refractivity contribution in [3.8, 4) is 0 Å². The summed E-state index contributed by atoms with van der Waals surface area (Å²) in [6, 6.07) is 4.46. The Kier molecular flexibility index (Phi) is 3.57. The second-order valence-corrected chi connectivity index (χ2v) is 3.63. The highest BCUT2D eigenvalue weighted by Gasteiger charge is 2.11. The lowest BCUT2D eigenvalue weighted by Gasteiger charge is -2.06. The van der Waals surface area contributed by atoms with E-state index in [-0.39, 0.29) is 18.8 Å². The number of rotatable bonds is 4. The van der Waals surface area contributed by atoms with Crippen LogP contribution in [0.25, 0.3) is 0 Å². The molecule has 2 N–H and O–H groups in total. The van der Waals surface area contributed by atoms with E-state index in [1.54, 1.807) is 12.1 Å². The zero-order valence-electron chi connectivity index (χ0n) is 9.21. The molecule has 2 rings (SSSR count). The molecule has 18 heavy (non-hydrogen) atoms. The minimum absolute atomic E-state index is 0.0554. The van der Waals surface area contributed by atoms with Crippen molar-refractivity contribution in [3.63, 3.8) is 0 Å². The Bertz CT molecular complexity index is 554. The van der Waals surface area contributed by atoms with Gasteiger partial charge in [0.15, 0.2) is 11.6 Å². The van der Waals surface area contributed by atoms with Gasteiger partial charge in [-0.3, -0.25) is 0 Å². The third kappa shape index (κ3) is 2.65. The second kappa shape index (κ2) is 5.14. The quantitative estimate of drug-likeness (QED) is 0.828. The third-order valence-corrected chi connectivity index (χ3v) is 2.32. The van der Waals surface area contributed by atoms with Gasteiger partial charge in [-0.05, 0) is 12.1 Å². The normalized spacial score (nSPS) is 10.7. The molecule has 0 aliphatic rings. The van der Waals surface area contributed by atoms with E-state index in [9.17, 15) is 13.2 Å². The van der Waals surface area contributed by atoms with Gasteiger partial charge in [0.05, 0.1) is 12.2 Å². The van der Waals surface area contributed by atoms with Gasteiger partial charge in [-0.25, -0.2) is 13.2 Å². The van der Waals surface area contributed by atoms with E-state index in [1.165, 1.54) is 0 Å². The van der Waals surface area contributed by atoms with E-state index in [4.69, 9.17) is 9.52 Å². The van der Waals surface area contributed by atoms with Gasteiger partial charge >= 0.3 is 0 Å². The van der Waals surface area contributed by atoms with E-state index < -0.39 is 17.5 Å². The summed E-state index contributed by atoms with van der Waals surface area (Å²) in [7, 11) is 0. The van der Waals surface area contributed by atoms with Crippen molar-refractivity contribution in [1.29, 1.82) is 0 Å². The Morgan fingerprint density at radius 3 is 2.50 bits per heavy atom. The molecule has 96 valence electrons. The summed E-state index contributed by atoms with van der Waals surface area (Å²) in [6.07, 6.45) is 0. The largest absolute Gasteiger partial charge is 0.462 e. The number of aliphatic hydroxyl groups is 1. The summed E-state index contributed by atoms with van der Waals surface area (Å²) in [4.78, 5) is 0. The van der Waals surface area contributed by atoms with Gasteiger partial charge in [-0.15, -0.1) is 0 Å². The van der Waals surface area contributed by atoms with Crippen LogP contribution >= 0.6 is 0 Å². The Hall–Kier alpha value is -1.95. The zero-order chi connectivity index (χ0) is 13.1. The monoisotopic (exact) mass is 257 g/mol. The number of furan rings is 1. The molecule has 0 fully saturated rings. The Morgan fingerprint density at radius 1 is 1.11 bits per heavy atom. The van der Waals surface area contributed by atoms with Crippen molar-refractivity contribution >= 4 is 5.69 Å². The standard InChI is InChI=1S/C12H10F3NO2/c13-7-3-10(14)12(15)11(4-7)16-5-8-1-2-9(6-17)18-8/h1-4,16-17H,5-6H2. The molecule has 0 saturated carbocycles. The summed E-state index contributed by atoms with van der Waals surface area (Å²) in [5, 5.41) is 11.3. The lowest BCUT2D eigenvalue weighted by molar-refractivity contribution is 0.244. The third-order valence-electron chi connectivity index (χ3n) is 2.32. The highest BCUT2D eigenvalue weighted by molar-refractivity contribution is 5.45. The molecule has 0 saturated heterocycles. The van der Waals surface area contributed by atoms with Gasteiger partial charge in [0.25, 0.3) is 0 Å². The van der Waals surface area contributed by atoms with Crippen LogP contribution in [0.5, 0.6) is 0 Å². The number of halogens is 3. The molecule has 0 unspecified atom stereocenters. The highest BCUT2D eigenvalue weighted by Crippen LogP contribution is 2.20. The molecule has 0 bridgehead atoms.